The maximum Gasteiger partial charge on any atom is 0.243 e. The molecule has 416 valence electrons. The Balaban J connectivity index is 0.922. The molecule has 2 aromatic rings. The van der Waals surface area contributed by atoms with E-state index in [2.05, 4.69) is 45.7 Å². The second-order valence-corrected chi connectivity index (χ2v) is 26.6. The van der Waals surface area contributed by atoms with Crippen LogP contribution in [-0.2, 0) is 33.3 Å². The van der Waals surface area contributed by atoms with Gasteiger partial charge in [0.15, 0.2) is 7.14 Å². The molecule has 14 heteroatoms. The maximum atomic E-state index is 14.7. The van der Waals surface area contributed by atoms with Crippen molar-refractivity contribution in [1.82, 2.24) is 31.9 Å². The van der Waals surface area contributed by atoms with E-state index in [1.807, 2.05) is 94.4 Å². The summed E-state index contributed by atoms with van der Waals surface area (Å²) in [6.45, 7) is 13.9. The molecular weight excluding hydrogens is 960 g/mol. The molecule has 13 nitrogen and oxygen atoms in total. The number of nitrogens with one attached hydrogen (secondary N) is 6. The number of hydrogen-bond acceptors (Lipinski definition) is 7. The summed E-state index contributed by atoms with van der Waals surface area (Å²) >= 11 is 0. The summed E-state index contributed by atoms with van der Waals surface area (Å²) in [6, 6.07) is 16.6. The van der Waals surface area contributed by atoms with Crippen molar-refractivity contribution >= 4 is 53.2 Å². The molecule has 3 atom stereocenters. The van der Waals surface area contributed by atoms with Gasteiger partial charge in [0.1, 0.15) is 12.1 Å². The summed E-state index contributed by atoms with van der Waals surface area (Å²) in [5, 5.41) is 19.6. The van der Waals surface area contributed by atoms with Gasteiger partial charge in [-0.05, 0) is 143 Å². The Morgan fingerprint density at radius 1 is 0.507 bits per heavy atom. The Hall–Kier alpha value is -4.77. The van der Waals surface area contributed by atoms with E-state index < -0.39 is 31.2 Å². The van der Waals surface area contributed by atoms with Gasteiger partial charge in [0.25, 0.3) is 0 Å². The van der Waals surface area contributed by atoms with Crippen LogP contribution in [0, 0.1) is 40.9 Å². The van der Waals surface area contributed by atoms with E-state index >= 15 is 0 Å². The minimum absolute atomic E-state index is 0.00319. The highest BCUT2D eigenvalue weighted by atomic mass is 31.2. The molecule has 6 rings (SSSR count). The average Bonchev–Trinajstić information content (AvgIpc) is 3.35. The second-order valence-electron chi connectivity index (χ2n) is 23.9. The zero-order valence-corrected chi connectivity index (χ0v) is 47.5. The predicted octanol–water partition coefficient (Wildman–Crippen LogP) is 9.74. The first-order valence-corrected chi connectivity index (χ1v) is 30.8. The summed E-state index contributed by atoms with van der Waals surface area (Å²) < 4.78 is 14.7. The Kier molecular flexibility index (Phi) is 25.6. The summed E-state index contributed by atoms with van der Waals surface area (Å²) in [5.41, 5.74) is 0.272. The van der Waals surface area contributed by atoms with Crippen LogP contribution in [0.5, 0.6) is 0 Å². The van der Waals surface area contributed by atoms with E-state index in [1.165, 1.54) is 38.5 Å². The number of rotatable bonds is 35. The van der Waals surface area contributed by atoms with Crippen molar-refractivity contribution < 1.29 is 33.3 Å². The van der Waals surface area contributed by atoms with Gasteiger partial charge in [-0.15, -0.1) is 0 Å². The predicted molar refractivity (Wildman–Crippen MR) is 303 cm³/mol. The molecule has 2 aromatic carbocycles. The lowest BCUT2D eigenvalue weighted by Gasteiger charge is -2.56. The quantitative estimate of drug-likeness (QED) is 0.0292. The summed E-state index contributed by atoms with van der Waals surface area (Å²) in [5.74, 6) is 4.03. The number of carbonyl (C=O) groups is 6. The molecule has 0 heterocycles. The van der Waals surface area contributed by atoms with Gasteiger partial charge in [0.2, 0.25) is 35.4 Å². The fraction of sp³-hybridized carbons (Fsp3) is 0.672. The highest BCUT2D eigenvalue weighted by Gasteiger charge is 2.51. The monoisotopic (exact) mass is 1050 g/mol. The van der Waals surface area contributed by atoms with Crippen LogP contribution in [0.2, 0.25) is 0 Å². The van der Waals surface area contributed by atoms with Crippen molar-refractivity contribution in [2.45, 2.75) is 201 Å². The van der Waals surface area contributed by atoms with Crippen LogP contribution in [0.3, 0.4) is 0 Å². The number of benzene rings is 2. The van der Waals surface area contributed by atoms with Crippen molar-refractivity contribution in [3.8, 4) is 0 Å². The van der Waals surface area contributed by atoms with Crippen molar-refractivity contribution in [3.63, 3.8) is 0 Å². The second kappa shape index (κ2) is 31.5. The molecule has 4 saturated carbocycles. The van der Waals surface area contributed by atoms with Crippen molar-refractivity contribution in [3.05, 3.63) is 72.6 Å². The number of unbranched alkanes of at least 4 members (excludes halogenated alkanes) is 6. The SMILES string of the molecule is CC(C)C[C@@H](/C=C/P(=O)(c1ccccc1)c1ccccc1)NC(=O)[C@H](CC(C)C)NC(=O)[C@H](CC(C)C)NC(=O)CCCCCNC(=O)CCCCCNC(=O)CCCCCNC(=O)CC12CC3CC(CC(C3)C1)C2. The van der Waals surface area contributed by atoms with E-state index in [4.69, 9.17) is 0 Å². The van der Waals surface area contributed by atoms with E-state index in [0.29, 0.717) is 75.2 Å². The molecule has 0 aromatic heterocycles. The molecule has 0 radical (unpaired) electrons. The van der Waals surface area contributed by atoms with Crippen LogP contribution < -0.4 is 42.5 Å². The van der Waals surface area contributed by atoms with Crippen molar-refractivity contribution in [2.24, 2.45) is 40.9 Å². The maximum absolute atomic E-state index is 14.7. The van der Waals surface area contributed by atoms with Crippen LogP contribution in [0.1, 0.15) is 183 Å². The fourth-order valence-electron chi connectivity index (χ4n) is 12.3. The first kappa shape index (κ1) is 61.1. The molecule has 4 aliphatic rings. The largest absolute Gasteiger partial charge is 0.356 e. The van der Waals surface area contributed by atoms with Gasteiger partial charge < -0.3 is 36.5 Å². The Morgan fingerprint density at radius 2 is 0.907 bits per heavy atom. The van der Waals surface area contributed by atoms with Gasteiger partial charge in [-0.3, -0.25) is 28.8 Å². The Labute approximate surface area is 450 Å². The Bertz CT molecular complexity index is 2100. The number of carbonyl (C=O) groups excluding carboxylic acids is 6. The van der Waals surface area contributed by atoms with Crippen LogP contribution in [0.15, 0.2) is 72.6 Å². The van der Waals surface area contributed by atoms with Crippen LogP contribution >= 0.6 is 7.14 Å². The van der Waals surface area contributed by atoms with Gasteiger partial charge in [0.05, 0.1) is 0 Å². The van der Waals surface area contributed by atoms with Crippen LogP contribution in [0.25, 0.3) is 0 Å². The lowest BCUT2D eigenvalue weighted by molar-refractivity contribution is -0.132. The first-order valence-electron chi connectivity index (χ1n) is 29.0. The van der Waals surface area contributed by atoms with Crippen molar-refractivity contribution in [2.75, 3.05) is 19.6 Å². The van der Waals surface area contributed by atoms with E-state index in [0.717, 1.165) is 69.1 Å². The molecule has 6 amide bonds. The minimum atomic E-state index is -3.18. The normalized spacial score (nSPS) is 20.2. The summed E-state index contributed by atoms with van der Waals surface area (Å²) in [6.07, 6.45) is 20.1. The third kappa shape index (κ3) is 21.6. The fourth-order valence-corrected chi connectivity index (χ4v) is 14.6. The standard InChI is InChI=1S/C61H95N6O7P/c1-44(2)34-50(29-33-75(74,51-22-12-7-13-23-51)52-24-14-8-15-25-52)65-59(72)54(36-46(5)6)67-60(73)53(35-45(3)4)66-57(70)28-18-11-20-31-63-55(68)26-16-9-19-30-62-56(69)27-17-10-21-32-64-58(71)43-61-40-47-37-48(41-61)39-49(38-47)42-61/h7-8,12-15,22-25,29,33,44-50,53-54H,9-11,16-21,26-28,30-32,34-43H2,1-6H3,(H,62,69)(H,63,68)(H,64,71)(H,65,72)(H,66,70)(H,67,73)/b33-29+/t47?,48?,49?,50-,53+,54+,61?/m1/s1. The minimum Gasteiger partial charge on any atom is -0.356 e. The van der Waals surface area contributed by atoms with Gasteiger partial charge >= 0.3 is 0 Å². The molecule has 0 aliphatic heterocycles. The molecule has 4 aliphatic carbocycles. The molecule has 4 bridgehead atoms. The van der Waals surface area contributed by atoms with Crippen LogP contribution in [-0.4, -0.2) is 73.2 Å². The van der Waals surface area contributed by atoms with Crippen molar-refractivity contribution in [1.29, 1.82) is 0 Å². The summed E-state index contributed by atoms with van der Waals surface area (Å²) in [4.78, 5) is 78.7. The van der Waals surface area contributed by atoms with E-state index in [1.54, 1.807) is 5.82 Å². The zero-order chi connectivity index (χ0) is 54.2. The van der Waals surface area contributed by atoms with Crippen LogP contribution in [0.4, 0.5) is 0 Å². The molecule has 4 fully saturated rings. The van der Waals surface area contributed by atoms with Gasteiger partial charge in [-0.1, -0.05) is 128 Å². The number of hydrogen-bond donors (Lipinski definition) is 6. The zero-order valence-electron chi connectivity index (χ0n) is 46.6. The topological polar surface area (TPSA) is 192 Å². The molecule has 6 N–H and O–H groups in total. The highest BCUT2D eigenvalue weighted by molar-refractivity contribution is 7.81. The average molecular weight is 1060 g/mol. The summed E-state index contributed by atoms with van der Waals surface area (Å²) in [7, 11) is -3.18. The molecular formula is C61H95N6O7P. The van der Waals surface area contributed by atoms with Gasteiger partial charge in [-0.2, -0.15) is 0 Å². The van der Waals surface area contributed by atoms with E-state index in [9.17, 15) is 33.3 Å². The third-order valence-electron chi connectivity index (χ3n) is 15.5. The first-order chi connectivity index (χ1) is 35.9. The number of amides is 6. The molecule has 0 unspecified atom stereocenters. The molecule has 0 spiro atoms. The molecule has 0 saturated heterocycles. The van der Waals surface area contributed by atoms with Gasteiger partial charge in [0, 0.05) is 62.0 Å². The highest BCUT2D eigenvalue weighted by Crippen LogP contribution is 2.61. The third-order valence-corrected chi connectivity index (χ3v) is 18.2. The lowest BCUT2D eigenvalue weighted by Crippen LogP contribution is -2.55. The lowest BCUT2D eigenvalue weighted by atomic mass is 9.49. The smallest absolute Gasteiger partial charge is 0.243 e. The Morgan fingerprint density at radius 3 is 1.35 bits per heavy atom. The van der Waals surface area contributed by atoms with E-state index in [-0.39, 0.29) is 59.1 Å². The van der Waals surface area contributed by atoms with Gasteiger partial charge in [-0.25, -0.2) is 0 Å². The molecule has 75 heavy (non-hydrogen) atoms.